The summed E-state index contributed by atoms with van der Waals surface area (Å²) in [5.74, 6) is 0.129. The monoisotopic (exact) mass is 226 g/mol. The highest BCUT2D eigenvalue weighted by Gasteiger charge is 2.43. The van der Waals surface area contributed by atoms with E-state index in [4.69, 9.17) is 10.5 Å². The number of rotatable bonds is 2. The predicted octanol–water partition coefficient (Wildman–Crippen LogP) is 0.894. The molecule has 1 saturated heterocycles. The lowest BCUT2D eigenvalue weighted by Crippen LogP contribution is -2.60. The summed E-state index contributed by atoms with van der Waals surface area (Å²) >= 11 is 0. The van der Waals surface area contributed by atoms with E-state index in [0.717, 1.165) is 12.8 Å². The van der Waals surface area contributed by atoms with Crippen molar-refractivity contribution in [2.75, 3.05) is 13.1 Å². The van der Waals surface area contributed by atoms with Crippen LogP contribution in [-0.2, 0) is 9.53 Å². The zero-order valence-electron chi connectivity index (χ0n) is 10.2. The van der Waals surface area contributed by atoms with E-state index in [9.17, 15) is 4.79 Å². The average Bonchev–Trinajstić information content (AvgIpc) is 2.75. The molecule has 4 nitrogen and oxygen atoms in total. The van der Waals surface area contributed by atoms with Gasteiger partial charge in [-0.3, -0.25) is 4.79 Å². The van der Waals surface area contributed by atoms with Gasteiger partial charge in [0.05, 0.1) is 6.10 Å². The smallest absolute Gasteiger partial charge is 0.254 e. The molecule has 4 heteroatoms. The fraction of sp³-hybridized carbons (Fsp3) is 0.917. The van der Waals surface area contributed by atoms with Crippen LogP contribution in [0.5, 0.6) is 0 Å². The van der Waals surface area contributed by atoms with E-state index in [1.807, 2.05) is 18.7 Å². The van der Waals surface area contributed by atoms with Crippen molar-refractivity contribution in [2.45, 2.75) is 57.3 Å². The molecule has 1 heterocycles. The van der Waals surface area contributed by atoms with Crippen molar-refractivity contribution in [1.29, 1.82) is 0 Å². The summed E-state index contributed by atoms with van der Waals surface area (Å²) in [4.78, 5) is 14.3. The van der Waals surface area contributed by atoms with Crippen molar-refractivity contribution < 1.29 is 9.53 Å². The molecule has 16 heavy (non-hydrogen) atoms. The quantitative estimate of drug-likeness (QED) is 0.761. The second kappa shape index (κ2) is 4.34. The van der Waals surface area contributed by atoms with Gasteiger partial charge in [0, 0.05) is 19.1 Å². The highest BCUT2D eigenvalue weighted by molar-refractivity contribution is 5.85. The first kappa shape index (κ1) is 11.9. The first-order valence-electron chi connectivity index (χ1n) is 6.23. The van der Waals surface area contributed by atoms with E-state index in [0.29, 0.717) is 19.1 Å². The minimum atomic E-state index is -0.703. The van der Waals surface area contributed by atoms with Crippen LogP contribution in [0.25, 0.3) is 0 Å². The number of amides is 1. The Hall–Kier alpha value is -0.610. The number of hydrogen-bond donors (Lipinski definition) is 1. The molecule has 2 fully saturated rings. The molecule has 1 saturated carbocycles. The lowest BCUT2D eigenvalue weighted by atomic mass is 10.0. The van der Waals surface area contributed by atoms with Gasteiger partial charge in [0.1, 0.15) is 5.60 Å². The Morgan fingerprint density at radius 3 is 2.62 bits per heavy atom. The van der Waals surface area contributed by atoms with Crippen molar-refractivity contribution in [3.8, 4) is 0 Å². The Bertz CT molecular complexity index is 272. The Morgan fingerprint density at radius 1 is 1.44 bits per heavy atom. The van der Waals surface area contributed by atoms with Gasteiger partial charge in [-0.15, -0.1) is 0 Å². The van der Waals surface area contributed by atoms with Crippen LogP contribution >= 0.6 is 0 Å². The van der Waals surface area contributed by atoms with Crippen LogP contribution in [0, 0.1) is 0 Å². The number of carbonyl (C=O) groups excluding carboxylic acids is 1. The number of ether oxygens (including phenoxy) is 1. The Kier molecular flexibility index (Phi) is 3.22. The molecule has 0 radical (unpaired) electrons. The summed E-state index contributed by atoms with van der Waals surface area (Å²) in [5, 5.41) is 0. The van der Waals surface area contributed by atoms with Crippen LogP contribution in [-0.4, -0.2) is 41.6 Å². The van der Waals surface area contributed by atoms with Gasteiger partial charge >= 0.3 is 0 Å². The Balaban J connectivity index is 2.12. The zero-order valence-corrected chi connectivity index (χ0v) is 10.2. The highest BCUT2D eigenvalue weighted by atomic mass is 16.5. The third-order valence-corrected chi connectivity index (χ3v) is 3.67. The second-order valence-corrected chi connectivity index (χ2v) is 5.38. The van der Waals surface area contributed by atoms with Crippen molar-refractivity contribution in [3.63, 3.8) is 0 Å². The van der Waals surface area contributed by atoms with Gasteiger partial charge in [0.2, 0.25) is 0 Å². The summed E-state index contributed by atoms with van der Waals surface area (Å²) in [6.45, 7) is 4.85. The molecule has 0 aromatic rings. The topological polar surface area (TPSA) is 55.6 Å². The van der Waals surface area contributed by atoms with Gasteiger partial charge in [-0.25, -0.2) is 0 Å². The minimum absolute atomic E-state index is 0.00620. The molecule has 0 aromatic carbocycles. The summed E-state index contributed by atoms with van der Waals surface area (Å²) in [6, 6.07) is 0.421. The van der Waals surface area contributed by atoms with E-state index in [1.54, 1.807) is 0 Å². The third kappa shape index (κ3) is 2.09. The molecule has 1 aliphatic heterocycles. The molecule has 1 unspecified atom stereocenters. The molecule has 2 rings (SSSR count). The third-order valence-electron chi connectivity index (χ3n) is 3.67. The molecule has 2 aliphatic rings. The van der Waals surface area contributed by atoms with E-state index in [2.05, 4.69) is 0 Å². The number of carbonyl (C=O) groups is 1. The van der Waals surface area contributed by atoms with E-state index in [1.165, 1.54) is 12.8 Å². The Labute approximate surface area is 97.1 Å². The van der Waals surface area contributed by atoms with Crippen LogP contribution in [0.15, 0.2) is 0 Å². The second-order valence-electron chi connectivity index (χ2n) is 5.38. The van der Waals surface area contributed by atoms with Crippen LogP contribution in [0.4, 0.5) is 0 Å². The van der Waals surface area contributed by atoms with E-state index < -0.39 is 5.60 Å². The number of hydrogen-bond acceptors (Lipinski definition) is 3. The Morgan fingerprint density at radius 2 is 2.06 bits per heavy atom. The molecule has 0 spiro atoms. The molecule has 0 bridgehead atoms. The molecule has 1 aliphatic carbocycles. The highest BCUT2D eigenvalue weighted by Crippen LogP contribution is 2.30. The standard InChI is InChI=1S/C12H22N2O2/c1-12(2)11(15)14(8-10(7-13)16-12)9-5-3-4-6-9/h9-10H,3-8,13H2,1-2H3. The van der Waals surface area contributed by atoms with Crippen LogP contribution in [0.2, 0.25) is 0 Å². The van der Waals surface area contributed by atoms with Gasteiger partial charge in [-0.2, -0.15) is 0 Å². The van der Waals surface area contributed by atoms with Gasteiger partial charge in [-0.05, 0) is 26.7 Å². The SMILES string of the molecule is CC1(C)OC(CN)CN(C2CCCC2)C1=O. The van der Waals surface area contributed by atoms with Crippen LogP contribution < -0.4 is 5.73 Å². The maximum Gasteiger partial charge on any atom is 0.254 e. The zero-order chi connectivity index (χ0) is 11.8. The van der Waals surface area contributed by atoms with Crippen LogP contribution in [0.3, 0.4) is 0 Å². The van der Waals surface area contributed by atoms with E-state index >= 15 is 0 Å². The molecular weight excluding hydrogens is 204 g/mol. The van der Waals surface area contributed by atoms with Crippen LogP contribution in [0.1, 0.15) is 39.5 Å². The number of nitrogens with zero attached hydrogens (tertiary/aromatic N) is 1. The van der Waals surface area contributed by atoms with Gasteiger partial charge in [-0.1, -0.05) is 12.8 Å². The largest absolute Gasteiger partial charge is 0.359 e. The van der Waals surface area contributed by atoms with Crippen molar-refractivity contribution >= 4 is 5.91 Å². The molecule has 1 amide bonds. The van der Waals surface area contributed by atoms with Gasteiger partial charge in [0.25, 0.3) is 5.91 Å². The number of nitrogens with two attached hydrogens (primary N) is 1. The molecule has 92 valence electrons. The fourth-order valence-electron chi connectivity index (χ4n) is 2.81. The molecular formula is C12H22N2O2. The molecule has 1 atom stereocenters. The van der Waals surface area contributed by atoms with Gasteiger partial charge < -0.3 is 15.4 Å². The average molecular weight is 226 g/mol. The van der Waals surface area contributed by atoms with Gasteiger partial charge in [0.15, 0.2) is 0 Å². The minimum Gasteiger partial charge on any atom is -0.359 e. The lowest BCUT2D eigenvalue weighted by Gasteiger charge is -2.44. The lowest BCUT2D eigenvalue weighted by molar-refractivity contribution is -0.181. The molecule has 0 aromatic heterocycles. The van der Waals surface area contributed by atoms with Crippen molar-refractivity contribution in [1.82, 2.24) is 4.90 Å². The van der Waals surface area contributed by atoms with Crippen molar-refractivity contribution in [3.05, 3.63) is 0 Å². The van der Waals surface area contributed by atoms with E-state index in [-0.39, 0.29) is 12.0 Å². The summed E-state index contributed by atoms with van der Waals surface area (Å²) < 4.78 is 5.71. The summed E-state index contributed by atoms with van der Waals surface area (Å²) in [6.07, 6.45) is 4.75. The maximum absolute atomic E-state index is 12.3. The van der Waals surface area contributed by atoms with Crippen molar-refractivity contribution in [2.24, 2.45) is 5.73 Å². The maximum atomic E-state index is 12.3. The predicted molar refractivity (Wildman–Crippen MR) is 62.0 cm³/mol. The first-order valence-corrected chi connectivity index (χ1v) is 6.23. The number of morpholine rings is 1. The summed E-state index contributed by atoms with van der Waals surface area (Å²) in [7, 11) is 0. The first-order chi connectivity index (χ1) is 7.54. The summed E-state index contributed by atoms with van der Waals surface area (Å²) in [5.41, 5.74) is 4.96. The fourth-order valence-corrected chi connectivity index (χ4v) is 2.81. The normalized spacial score (nSPS) is 31.1. The molecule has 2 N–H and O–H groups in total.